The monoisotopic (exact) mass is 232 g/mol. The smallest absolute Gasteiger partial charge is 0.120 e. The quantitative estimate of drug-likeness (QED) is 0.697. The minimum atomic E-state index is 0.343. The van der Waals surface area contributed by atoms with Crippen molar-refractivity contribution in [2.75, 3.05) is 0 Å². The first-order valence-electron chi connectivity index (χ1n) is 6.31. The number of rotatable bonds is 8. The summed E-state index contributed by atoms with van der Waals surface area (Å²) in [6.07, 6.45) is 4.43. The van der Waals surface area contributed by atoms with Gasteiger partial charge in [-0.15, -0.1) is 0 Å². The number of aldehydes is 1. The van der Waals surface area contributed by atoms with Crippen LogP contribution in [-0.4, -0.2) is 12.3 Å². The van der Waals surface area contributed by atoms with Crippen molar-refractivity contribution in [2.45, 2.75) is 44.7 Å². The van der Waals surface area contributed by atoms with E-state index >= 15 is 0 Å². The van der Waals surface area contributed by atoms with Crippen molar-refractivity contribution in [3.05, 3.63) is 42.8 Å². The second-order valence-corrected chi connectivity index (χ2v) is 4.42. The van der Waals surface area contributed by atoms with Crippen LogP contribution in [0.4, 0.5) is 0 Å². The maximum Gasteiger partial charge on any atom is 0.120 e. The van der Waals surface area contributed by atoms with Gasteiger partial charge in [0.2, 0.25) is 0 Å². The molecule has 1 rings (SSSR count). The second-order valence-electron chi connectivity index (χ2n) is 4.42. The van der Waals surface area contributed by atoms with Crippen molar-refractivity contribution in [3.63, 3.8) is 0 Å². The lowest BCUT2D eigenvalue weighted by Gasteiger charge is -2.23. The van der Waals surface area contributed by atoms with Crippen LogP contribution in [0.15, 0.2) is 30.3 Å². The van der Waals surface area contributed by atoms with Gasteiger partial charge >= 0.3 is 0 Å². The van der Waals surface area contributed by atoms with Gasteiger partial charge in [0.05, 0.1) is 0 Å². The number of carbonyl (C=O) groups excluding carboxylic acids is 1. The first-order valence-corrected chi connectivity index (χ1v) is 6.31. The fourth-order valence-corrected chi connectivity index (χ4v) is 1.98. The fraction of sp³-hybridized carbons (Fsp3) is 0.467. The first-order chi connectivity index (χ1) is 8.27. The van der Waals surface area contributed by atoms with Gasteiger partial charge in [-0.2, -0.15) is 0 Å². The maximum absolute atomic E-state index is 10.4. The standard InChI is InChI=1S/C15H22NO/c1-3-8-15(14-10-5-4-6-11-14)16-13(2)9-7-12-17/h4-6,10-13,15-16H,1,3,7-9H2,2H3. The van der Waals surface area contributed by atoms with Crippen LogP contribution >= 0.6 is 0 Å². The molecule has 2 atom stereocenters. The first kappa shape index (κ1) is 13.9. The molecule has 0 fully saturated rings. The van der Waals surface area contributed by atoms with Crippen LogP contribution in [0.5, 0.6) is 0 Å². The molecule has 0 aliphatic carbocycles. The van der Waals surface area contributed by atoms with Crippen molar-refractivity contribution < 1.29 is 4.79 Å². The maximum atomic E-state index is 10.4. The highest BCUT2D eigenvalue weighted by atomic mass is 16.1. The Balaban J connectivity index is 2.57. The van der Waals surface area contributed by atoms with E-state index in [0.717, 1.165) is 25.5 Å². The van der Waals surface area contributed by atoms with Gasteiger partial charge < -0.3 is 10.1 Å². The van der Waals surface area contributed by atoms with Gasteiger partial charge in [0.25, 0.3) is 0 Å². The predicted molar refractivity (Wildman–Crippen MR) is 71.7 cm³/mol. The van der Waals surface area contributed by atoms with E-state index in [-0.39, 0.29) is 0 Å². The minimum Gasteiger partial charge on any atom is -0.307 e. The van der Waals surface area contributed by atoms with E-state index in [1.54, 1.807) is 0 Å². The van der Waals surface area contributed by atoms with Crippen molar-refractivity contribution >= 4 is 6.29 Å². The molecule has 1 aromatic rings. The van der Waals surface area contributed by atoms with Gasteiger partial charge in [-0.1, -0.05) is 43.7 Å². The van der Waals surface area contributed by atoms with E-state index in [2.05, 4.69) is 43.4 Å². The predicted octanol–water partition coefficient (Wildman–Crippen LogP) is 3.30. The Morgan fingerprint density at radius 1 is 1.29 bits per heavy atom. The molecule has 2 unspecified atom stereocenters. The van der Waals surface area contributed by atoms with E-state index < -0.39 is 0 Å². The zero-order chi connectivity index (χ0) is 12.5. The van der Waals surface area contributed by atoms with Gasteiger partial charge in [-0.05, 0) is 25.3 Å². The average molecular weight is 232 g/mol. The van der Waals surface area contributed by atoms with Crippen LogP contribution in [0, 0.1) is 6.92 Å². The third kappa shape index (κ3) is 5.14. The SMILES string of the molecule is [CH2]CCC(NC(C)CCC=O)c1ccccc1. The summed E-state index contributed by atoms with van der Waals surface area (Å²) in [4.78, 5) is 10.4. The summed E-state index contributed by atoms with van der Waals surface area (Å²) in [6, 6.07) is 11.1. The molecule has 0 saturated heterocycles. The largest absolute Gasteiger partial charge is 0.307 e. The molecular formula is C15H22NO. The topological polar surface area (TPSA) is 29.1 Å². The highest BCUT2D eigenvalue weighted by Gasteiger charge is 2.12. The van der Waals surface area contributed by atoms with E-state index in [1.807, 2.05) is 6.07 Å². The van der Waals surface area contributed by atoms with Crippen molar-refractivity contribution in [1.29, 1.82) is 0 Å². The summed E-state index contributed by atoms with van der Waals surface area (Å²) in [5.74, 6) is 0. The number of carbonyl (C=O) groups is 1. The summed E-state index contributed by atoms with van der Waals surface area (Å²) >= 11 is 0. The molecule has 0 spiro atoms. The molecule has 0 heterocycles. The molecule has 0 amide bonds. The lowest BCUT2D eigenvalue weighted by atomic mass is 10.0. The minimum absolute atomic E-state index is 0.343. The third-order valence-electron chi connectivity index (χ3n) is 2.90. The Hall–Kier alpha value is -1.15. The van der Waals surface area contributed by atoms with Gasteiger partial charge in [0.15, 0.2) is 0 Å². The van der Waals surface area contributed by atoms with Crippen LogP contribution in [-0.2, 0) is 4.79 Å². The number of benzene rings is 1. The van der Waals surface area contributed by atoms with E-state index in [9.17, 15) is 4.79 Å². The third-order valence-corrected chi connectivity index (χ3v) is 2.90. The Morgan fingerprint density at radius 2 is 2.00 bits per heavy atom. The molecule has 1 radical (unpaired) electrons. The molecule has 0 aliphatic heterocycles. The summed E-state index contributed by atoms with van der Waals surface area (Å²) in [5, 5.41) is 3.57. The number of hydrogen-bond acceptors (Lipinski definition) is 2. The van der Waals surface area contributed by atoms with Crippen molar-refractivity contribution in [3.8, 4) is 0 Å². The van der Waals surface area contributed by atoms with Gasteiger partial charge in [-0.3, -0.25) is 0 Å². The molecule has 2 heteroatoms. The molecule has 0 saturated carbocycles. The molecule has 1 N–H and O–H groups in total. The average Bonchev–Trinajstić information content (AvgIpc) is 2.37. The van der Waals surface area contributed by atoms with Crippen LogP contribution in [0.2, 0.25) is 0 Å². The molecule has 1 aromatic carbocycles. The summed E-state index contributed by atoms with van der Waals surface area (Å²) < 4.78 is 0. The zero-order valence-corrected chi connectivity index (χ0v) is 10.6. The molecule has 0 aliphatic rings. The number of nitrogens with one attached hydrogen (secondary N) is 1. The molecule has 0 aromatic heterocycles. The van der Waals surface area contributed by atoms with Gasteiger partial charge in [-0.25, -0.2) is 0 Å². The van der Waals surface area contributed by atoms with Gasteiger partial charge in [0.1, 0.15) is 6.29 Å². The van der Waals surface area contributed by atoms with Crippen LogP contribution in [0.1, 0.15) is 44.2 Å². The van der Waals surface area contributed by atoms with Crippen LogP contribution in [0.25, 0.3) is 0 Å². The Morgan fingerprint density at radius 3 is 2.59 bits per heavy atom. The highest BCUT2D eigenvalue weighted by Crippen LogP contribution is 2.19. The van der Waals surface area contributed by atoms with E-state index in [1.165, 1.54) is 5.56 Å². The van der Waals surface area contributed by atoms with Gasteiger partial charge in [0, 0.05) is 18.5 Å². The fourth-order valence-electron chi connectivity index (χ4n) is 1.98. The summed E-state index contributed by atoms with van der Waals surface area (Å²) in [6.45, 7) is 6.05. The number of hydrogen-bond donors (Lipinski definition) is 1. The molecule has 17 heavy (non-hydrogen) atoms. The van der Waals surface area contributed by atoms with Crippen LogP contribution < -0.4 is 5.32 Å². The summed E-state index contributed by atoms with van der Waals surface area (Å²) in [7, 11) is 0. The normalized spacial score (nSPS) is 14.2. The lowest BCUT2D eigenvalue weighted by molar-refractivity contribution is -0.108. The Labute approximate surface area is 104 Å². The molecule has 2 nitrogen and oxygen atoms in total. The second kappa shape index (κ2) is 8.02. The summed E-state index contributed by atoms with van der Waals surface area (Å²) in [5.41, 5.74) is 1.30. The lowest BCUT2D eigenvalue weighted by Crippen LogP contribution is -2.30. The van der Waals surface area contributed by atoms with E-state index in [0.29, 0.717) is 18.5 Å². The zero-order valence-electron chi connectivity index (χ0n) is 10.6. The van der Waals surface area contributed by atoms with Crippen molar-refractivity contribution in [2.24, 2.45) is 0 Å². The Kier molecular flexibility index (Phi) is 6.56. The van der Waals surface area contributed by atoms with Crippen molar-refractivity contribution in [1.82, 2.24) is 5.32 Å². The highest BCUT2D eigenvalue weighted by molar-refractivity contribution is 5.49. The Bertz CT molecular complexity index is 310. The van der Waals surface area contributed by atoms with E-state index in [4.69, 9.17) is 0 Å². The van der Waals surface area contributed by atoms with Crippen LogP contribution in [0.3, 0.4) is 0 Å². The molecule has 0 bridgehead atoms. The molecular weight excluding hydrogens is 210 g/mol. The molecule has 93 valence electrons.